The number of oxazole rings is 1. The normalized spacial score (nSPS) is 12.1. The van der Waals surface area contributed by atoms with Crippen LogP contribution in [0.4, 0.5) is 11.7 Å². The molecule has 1 atom stereocenters. The summed E-state index contributed by atoms with van der Waals surface area (Å²) >= 11 is 0. The molecule has 0 spiro atoms. The van der Waals surface area contributed by atoms with Crippen molar-refractivity contribution in [3.8, 4) is 0 Å². The molecule has 3 N–H and O–H groups in total. The van der Waals surface area contributed by atoms with E-state index in [1.807, 2.05) is 38.1 Å². The quantitative estimate of drug-likeness (QED) is 0.707. The highest BCUT2D eigenvalue weighted by molar-refractivity contribution is 5.97. The number of rotatable bonds is 6. The number of hydrogen-bond acceptors (Lipinski definition) is 6. The highest BCUT2D eigenvalue weighted by atomic mass is 16.4. The summed E-state index contributed by atoms with van der Waals surface area (Å²) in [5.74, 6) is -0.197. The second-order valence-corrected chi connectivity index (χ2v) is 6.24. The van der Waals surface area contributed by atoms with Crippen molar-refractivity contribution in [3.05, 3.63) is 47.8 Å². The van der Waals surface area contributed by atoms with E-state index in [9.17, 15) is 4.79 Å². The first-order valence-electron chi connectivity index (χ1n) is 8.59. The monoisotopic (exact) mass is 353 g/mol. The van der Waals surface area contributed by atoms with Crippen molar-refractivity contribution >= 4 is 28.7 Å². The number of benzene rings is 1. The van der Waals surface area contributed by atoms with E-state index in [0.717, 1.165) is 23.2 Å². The number of fused-ring (bicyclic) bond motifs is 1. The van der Waals surface area contributed by atoms with E-state index in [4.69, 9.17) is 10.2 Å². The van der Waals surface area contributed by atoms with E-state index < -0.39 is 0 Å². The van der Waals surface area contributed by atoms with Crippen LogP contribution in [-0.4, -0.2) is 40.4 Å². The summed E-state index contributed by atoms with van der Waals surface area (Å²) < 4.78 is 5.66. The Balaban J connectivity index is 1.71. The van der Waals surface area contributed by atoms with Crippen LogP contribution in [0.1, 0.15) is 29.5 Å². The van der Waals surface area contributed by atoms with Crippen LogP contribution in [0.25, 0.3) is 11.1 Å². The number of nitrogen functional groups attached to an aromatic ring is 1. The van der Waals surface area contributed by atoms with E-state index in [-0.39, 0.29) is 17.6 Å². The molecule has 1 aromatic carbocycles. The molecule has 1 unspecified atom stereocenters. The molecule has 3 rings (SSSR count). The van der Waals surface area contributed by atoms with Crippen LogP contribution in [-0.2, 0) is 0 Å². The van der Waals surface area contributed by atoms with Gasteiger partial charge < -0.3 is 20.4 Å². The molecule has 0 aliphatic heterocycles. The Hall–Kier alpha value is -3.09. The first-order chi connectivity index (χ1) is 12.5. The second kappa shape index (κ2) is 7.43. The molecule has 0 bridgehead atoms. The van der Waals surface area contributed by atoms with Crippen LogP contribution in [0, 0.1) is 6.92 Å². The molecule has 0 aliphatic carbocycles. The molecule has 1 amide bonds. The molecule has 2 aromatic heterocycles. The van der Waals surface area contributed by atoms with E-state index in [1.165, 1.54) is 0 Å². The molecule has 7 nitrogen and oxygen atoms in total. The maximum Gasteiger partial charge on any atom is 0.295 e. The standard InChI is InChI=1S/C19H23N5O2/c1-4-13(11-21-19-23-15-7-5-6-8-16(15)26-19)24(3)18(25)17-14(20)10-9-12(2)22-17/h5-10,13H,4,11,20H2,1-3H3,(H,21,23). The lowest BCUT2D eigenvalue weighted by molar-refractivity contribution is 0.0730. The van der Waals surface area contributed by atoms with Crippen LogP contribution in [0.15, 0.2) is 40.8 Å². The minimum absolute atomic E-state index is 0.0563. The van der Waals surface area contributed by atoms with E-state index in [0.29, 0.717) is 18.2 Å². The fraction of sp³-hybridized carbons (Fsp3) is 0.316. The number of likely N-dealkylation sites (N-methyl/N-ethyl adjacent to an activating group) is 1. The third-order valence-electron chi connectivity index (χ3n) is 4.39. The predicted molar refractivity (Wildman–Crippen MR) is 102 cm³/mol. The first-order valence-corrected chi connectivity index (χ1v) is 8.59. The van der Waals surface area contributed by atoms with Gasteiger partial charge in [-0.05, 0) is 37.6 Å². The Morgan fingerprint density at radius 1 is 1.27 bits per heavy atom. The number of para-hydroxylation sites is 2. The molecule has 0 aliphatic rings. The Bertz CT molecular complexity index is 888. The summed E-state index contributed by atoms with van der Waals surface area (Å²) in [4.78, 5) is 23.1. The van der Waals surface area contributed by atoms with Crippen molar-refractivity contribution in [1.29, 1.82) is 0 Å². The van der Waals surface area contributed by atoms with Crippen LogP contribution in [0.2, 0.25) is 0 Å². The van der Waals surface area contributed by atoms with Crippen molar-refractivity contribution in [2.45, 2.75) is 26.3 Å². The topological polar surface area (TPSA) is 97.3 Å². The number of pyridine rings is 1. The van der Waals surface area contributed by atoms with Crippen molar-refractivity contribution in [2.75, 3.05) is 24.6 Å². The van der Waals surface area contributed by atoms with Crippen LogP contribution < -0.4 is 11.1 Å². The maximum atomic E-state index is 12.8. The minimum Gasteiger partial charge on any atom is -0.424 e. The van der Waals surface area contributed by atoms with Gasteiger partial charge in [0.2, 0.25) is 0 Å². The van der Waals surface area contributed by atoms with Crippen LogP contribution >= 0.6 is 0 Å². The number of nitrogens with zero attached hydrogens (tertiary/aromatic N) is 3. The zero-order chi connectivity index (χ0) is 18.7. The molecule has 2 heterocycles. The Kier molecular flexibility index (Phi) is 5.06. The van der Waals surface area contributed by atoms with Gasteiger partial charge in [0.25, 0.3) is 11.9 Å². The van der Waals surface area contributed by atoms with Crippen molar-refractivity contribution in [1.82, 2.24) is 14.9 Å². The van der Waals surface area contributed by atoms with Crippen molar-refractivity contribution in [3.63, 3.8) is 0 Å². The number of amides is 1. The third kappa shape index (κ3) is 3.61. The number of nitrogens with two attached hydrogens (primary N) is 1. The SMILES string of the molecule is CCC(CNc1nc2ccccc2o1)N(C)C(=O)c1nc(C)ccc1N. The fourth-order valence-electron chi connectivity index (χ4n) is 2.78. The highest BCUT2D eigenvalue weighted by Crippen LogP contribution is 2.19. The Morgan fingerprint density at radius 3 is 2.77 bits per heavy atom. The van der Waals surface area contributed by atoms with Gasteiger partial charge in [0.15, 0.2) is 11.3 Å². The molecule has 26 heavy (non-hydrogen) atoms. The summed E-state index contributed by atoms with van der Waals surface area (Å²) in [6.45, 7) is 4.37. The lowest BCUT2D eigenvalue weighted by Crippen LogP contribution is -2.41. The molecule has 0 saturated heterocycles. The number of aromatic nitrogens is 2. The van der Waals surface area contributed by atoms with Gasteiger partial charge in [0.05, 0.1) is 5.69 Å². The second-order valence-electron chi connectivity index (χ2n) is 6.24. The van der Waals surface area contributed by atoms with Gasteiger partial charge in [-0.3, -0.25) is 4.79 Å². The fourth-order valence-corrected chi connectivity index (χ4v) is 2.78. The summed E-state index contributed by atoms with van der Waals surface area (Å²) in [5, 5.41) is 3.18. The van der Waals surface area contributed by atoms with Gasteiger partial charge in [-0.25, -0.2) is 4.98 Å². The lowest BCUT2D eigenvalue weighted by atomic mass is 10.1. The predicted octanol–water partition coefficient (Wildman–Crippen LogP) is 3.08. The molecule has 0 radical (unpaired) electrons. The third-order valence-corrected chi connectivity index (χ3v) is 4.39. The molecule has 0 fully saturated rings. The highest BCUT2D eigenvalue weighted by Gasteiger charge is 2.23. The Labute approximate surface area is 152 Å². The number of hydrogen-bond donors (Lipinski definition) is 2. The van der Waals surface area contributed by atoms with Gasteiger partial charge in [0, 0.05) is 25.3 Å². The van der Waals surface area contributed by atoms with Crippen LogP contribution in [0.3, 0.4) is 0 Å². The molecule has 0 saturated carbocycles. The zero-order valence-electron chi connectivity index (χ0n) is 15.2. The number of anilines is 2. The van der Waals surface area contributed by atoms with E-state index in [2.05, 4.69) is 15.3 Å². The van der Waals surface area contributed by atoms with Crippen molar-refractivity contribution < 1.29 is 9.21 Å². The summed E-state index contributed by atoms with van der Waals surface area (Å²) in [7, 11) is 1.76. The molecule has 136 valence electrons. The largest absolute Gasteiger partial charge is 0.424 e. The number of carbonyl (C=O) groups excluding carboxylic acids is 1. The van der Waals surface area contributed by atoms with Gasteiger partial charge in [-0.1, -0.05) is 19.1 Å². The average Bonchev–Trinajstić information content (AvgIpc) is 3.06. The summed E-state index contributed by atoms with van der Waals surface area (Å²) in [5.41, 5.74) is 8.88. The van der Waals surface area contributed by atoms with E-state index >= 15 is 0 Å². The van der Waals surface area contributed by atoms with Gasteiger partial charge in [-0.15, -0.1) is 0 Å². The van der Waals surface area contributed by atoms with Gasteiger partial charge >= 0.3 is 0 Å². The summed E-state index contributed by atoms with van der Waals surface area (Å²) in [6.07, 6.45) is 0.765. The molecular formula is C19H23N5O2. The maximum absolute atomic E-state index is 12.8. The Morgan fingerprint density at radius 2 is 2.04 bits per heavy atom. The smallest absolute Gasteiger partial charge is 0.295 e. The summed E-state index contributed by atoms with van der Waals surface area (Å²) in [6, 6.07) is 11.5. The van der Waals surface area contributed by atoms with Gasteiger partial charge in [0.1, 0.15) is 5.52 Å². The molecule has 7 heteroatoms. The zero-order valence-corrected chi connectivity index (χ0v) is 15.2. The average molecular weight is 353 g/mol. The molecule has 3 aromatic rings. The van der Waals surface area contributed by atoms with Crippen molar-refractivity contribution in [2.24, 2.45) is 0 Å². The number of carbonyl (C=O) groups is 1. The number of nitrogens with one attached hydrogen (secondary N) is 1. The minimum atomic E-state index is -0.197. The lowest BCUT2D eigenvalue weighted by Gasteiger charge is -2.27. The number of aryl methyl sites for hydroxylation is 1. The first kappa shape index (κ1) is 17.7. The molecular weight excluding hydrogens is 330 g/mol. The van der Waals surface area contributed by atoms with E-state index in [1.54, 1.807) is 24.1 Å². The van der Waals surface area contributed by atoms with Gasteiger partial charge in [-0.2, -0.15) is 4.98 Å². The van der Waals surface area contributed by atoms with Crippen LogP contribution in [0.5, 0.6) is 0 Å².